The van der Waals surface area contributed by atoms with E-state index in [2.05, 4.69) is 15.6 Å². The van der Waals surface area contributed by atoms with E-state index in [4.69, 9.17) is 11.6 Å². The lowest BCUT2D eigenvalue weighted by Crippen LogP contribution is -2.13. The SMILES string of the molecule is O=C(Nc1ccccc1F)c1ccnc(Nc2ccc(F)c(Cl)c2)c1. The minimum absolute atomic E-state index is 0.0292. The lowest BCUT2D eigenvalue weighted by molar-refractivity contribution is 0.102. The molecule has 1 heterocycles. The second kappa shape index (κ2) is 7.27. The van der Waals surface area contributed by atoms with Crippen LogP contribution in [-0.2, 0) is 0 Å². The number of hydrogen-bond donors (Lipinski definition) is 2. The third-order valence-corrected chi connectivity index (χ3v) is 3.63. The standard InChI is InChI=1S/C18H12ClF2N3O/c19-13-10-12(5-6-14(13)20)23-17-9-11(7-8-22-17)18(25)24-16-4-2-1-3-15(16)21/h1-10H,(H,22,23)(H,24,25). The Balaban J connectivity index is 1.77. The molecule has 0 bridgehead atoms. The number of pyridine rings is 1. The molecule has 0 aliphatic rings. The van der Waals surface area contributed by atoms with Crippen LogP contribution in [-0.4, -0.2) is 10.9 Å². The van der Waals surface area contributed by atoms with E-state index < -0.39 is 17.5 Å². The predicted octanol–water partition coefficient (Wildman–Crippen LogP) is 5.01. The minimum atomic E-state index is -0.529. The normalized spacial score (nSPS) is 10.4. The van der Waals surface area contributed by atoms with Gasteiger partial charge in [-0.2, -0.15) is 0 Å². The van der Waals surface area contributed by atoms with Crippen molar-refractivity contribution in [3.63, 3.8) is 0 Å². The Morgan fingerprint density at radius 3 is 2.56 bits per heavy atom. The minimum Gasteiger partial charge on any atom is -0.340 e. The van der Waals surface area contributed by atoms with E-state index in [0.717, 1.165) is 0 Å². The number of carbonyl (C=O) groups is 1. The van der Waals surface area contributed by atoms with Crippen LogP contribution in [0.15, 0.2) is 60.8 Å². The molecule has 1 aromatic heterocycles. The molecule has 7 heteroatoms. The Hall–Kier alpha value is -2.99. The van der Waals surface area contributed by atoms with Crippen molar-refractivity contribution in [3.05, 3.63) is 83.0 Å². The summed E-state index contributed by atoms with van der Waals surface area (Å²) in [5.41, 5.74) is 0.892. The van der Waals surface area contributed by atoms with Gasteiger partial charge in [0.05, 0.1) is 10.7 Å². The van der Waals surface area contributed by atoms with E-state index in [-0.39, 0.29) is 16.3 Å². The van der Waals surface area contributed by atoms with Gasteiger partial charge in [-0.25, -0.2) is 13.8 Å². The van der Waals surface area contributed by atoms with Gasteiger partial charge in [-0.15, -0.1) is 0 Å². The van der Waals surface area contributed by atoms with Gasteiger partial charge in [0.1, 0.15) is 17.5 Å². The largest absolute Gasteiger partial charge is 0.340 e. The van der Waals surface area contributed by atoms with E-state index in [0.29, 0.717) is 11.5 Å². The molecule has 0 atom stereocenters. The fourth-order valence-corrected chi connectivity index (χ4v) is 2.30. The van der Waals surface area contributed by atoms with E-state index >= 15 is 0 Å². The molecule has 0 saturated carbocycles. The number of anilines is 3. The van der Waals surface area contributed by atoms with E-state index in [1.807, 2.05) is 0 Å². The van der Waals surface area contributed by atoms with Crippen molar-refractivity contribution in [1.29, 1.82) is 0 Å². The van der Waals surface area contributed by atoms with Crippen LogP contribution in [0.5, 0.6) is 0 Å². The topological polar surface area (TPSA) is 54.0 Å². The summed E-state index contributed by atoms with van der Waals surface area (Å²) in [6.45, 7) is 0. The lowest BCUT2D eigenvalue weighted by atomic mass is 10.2. The van der Waals surface area contributed by atoms with Crippen LogP contribution in [0.3, 0.4) is 0 Å². The summed E-state index contributed by atoms with van der Waals surface area (Å²) in [6.07, 6.45) is 1.43. The average Bonchev–Trinajstić information content (AvgIpc) is 2.60. The predicted molar refractivity (Wildman–Crippen MR) is 93.3 cm³/mol. The first-order valence-electron chi connectivity index (χ1n) is 7.27. The number of nitrogens with zero attached hydrogens (tertiary/aromatic N) is 1. The number of benzene rings is 2. The fourth-order valence-electron chi connectivity index (χ4n) is 2.12. The molecule has 2 N–H and O–H groups in total. The van der Waals surface area contributed by atoms with Crippen molar-refractivity contribution in [2.24, 2.45) is 0 Å². The Morgan fingerprint density at radius 1 is 1.00 bits per heavy atom. The van der Waals surface area contributed by atoms with Crippen molar-refractivity contribution in [1.82, 2.24) is 4.98 Å². The molecule has 3 aromatic rings. The number of nitrogens with one attached hydrogen (secondary N) is 2. The summed E-state index contributed by atoms with van der Waals surface area (Å²) >= 11 is 5.73. The quantitative estimate of drug-likeness (QED) is 0.688. The second-order valence-electron chi connectivity index (χ2n) is 5.12. The van der Waals surface area contributed by atoms with Crippen LogP contribution in [0.1, 0.15) is 10.4 Å². The molecule has 1 amide bonds. The number of halogens is 3. The second-order valence-corrected chi connectivity index (χ2v) is 5.52. The number of amides is 1. The number of para-hydroxylation sites is 1. The zero-order chi connectivity index (χ0) is 17.8. The van der Waals surface area contributed by atoms with Gasteiger partial charge in [-0.3, -0.25) is 4.79 Å². The van der Waals surface area contributed by atoms with Crippen LogP contribution in [0, 0.1) is 11.6 Å². The monoisotopic (exact) mass is 359 g/mol. The Kier molecular flexibility index (Phi) is 4.90. The zero-order valence-electron chi connectivity index (χ0n) is 12.8. The molecule has 4 nitrogen and oxygen atoms in total. The number of rotatable bonds is 4. The summed E-state index contributed by atoms with van der Waals surface area (Å²) in [7, 11) is 0. The molecular weight excluding hydrogens is 348 g/mol. The van der Waals surface area contributed by atoms with Crippen LogP contribution < -0.4 is 10.6 Å². The van der Waals surface area contributed by atoms with Gasteiger partial charge in [0.15, 0.2) is 0 Å². The average molecular weight is 360 g/mol. The van der Waals surface area contributed by atoms with Crippen LogP contribution in [0.2, 0.25) is 5.02 Å². The van der Waals surface area contributed by atoms with Crippen molar-refractivity contribution >= 4 is 34.7 Å². The van der Waals surface area contributed by atoms with Gasteiger partial charge >= 0.3 is 0 Å². The Morgan fingerprint density at radius 2 is 1.80 bits per heavy atom. The van der Waals surface area contributed by atoms with Gasteiger partial charge in [-0.05, 0) is 42.5 Å². The molecule has 0 fully saturated rings. The number of aromatic nitrogens is 1. The first-order chi connectivity index (χ1) is 12.0. The third kappa shape index (κ3) is 4.10. The van der Waals surface area contributed by atoms with Crippen molar-refractivity contribution in [2.75, 3.05) is 10.6 Å². The molecule has 0 saturated heterocycles. The first-order valence-corrected chi connectivity index (χ1v) is 7.65. The highest BCUT2D eigenvalue weighted by molar-refractivity contribution is 6.31. The summed E-state index contributed by atoms with van der Waals surface area (Å²) in [4.78, 5) is 16.4. The van der Waals surface area contributed by atoms with Gasteiger partial charge in [0.25, 0.3) is 5.91 Å². The molecule has 2 aromatic carbocycles. The maximum absolute atomic E-state index is 13.6. The van der Waals surface area contributed by atoms with E-state index in [1.54, 1.807) is 6.07 Å². The molecule has 0 aliphatic heterocycles. The highest BCUT2D eigenvalue weighted by Crippen LogP contribution is 2.22. The fraction of sp³-hybridized carbons (Fsp3) is 0. The lowest BCUT2D eigenvalue weighted by Gasteiger charge is -2.09. The smallest absolute Gasteiger partial charge is 0.255 e. The molecule has 0 radical (unpaired) electrons. The summed E-state index contributed by atoms with van der Waals surface area (Å²) in [6, 6.07) is 13.0. The Labute approximate surface area is 147 Å². The van der Waals surface area contributed by atoms with E-state index in [1.165, 1.54) is 54.7 Å². The highest BCUT2D eigenvalue weighted by Gasteiger charge is 2.10. The van der Waals surface area contributed by atoms with Crippen LogP contribution in [0.25, 0.3) is 0 Å². The Bertz CT molecular complexity index is 934. The summed E-state index contributed by atoms with van der Waals surface area (Å²) < 4.78 is 26.8. The van der Waals surface area contributed by atoms with Gasteiger partial charge in [0, 0.05) is 17.4 Å². The molecule has 0 aliphatic carbocycles. The van der Waals surface area contributed by atoms with Gasteiger partial charge < -0.3 is 10.6 Å². The maximum atomic E-state index is 13.6. The molecule has 3 rings (SSSR count). The maximum Gasteiger partial charge on any atom is 0.255 e. The van der Waals surface area contributed by atoms with Gasteiger partial charge in [-0.1, -0.05) is 23.7 Å². The molecule has 25 heavy (non-hydrogen) atoms. The van der Waals surface area contributed by atoms with E-state index in [9.17, 15) is 13.6 Å². The number of carbonyl (C=O) groups excluding carboxylic acids is 1. The van der Waals surface area contributed by atoms with Crippen molar-refractivity contribution in [3.8, 4) is 0 Å². The van der Waals surface area contributed by atoms with Crippen molar-refractivity contribution in [2.45, 2.75) is 0 Å². The summed E-state index contributed by atoms with van der Waals surface area (Å²) in [5.74, 6) is -1.17. The van der Waals surface area contributed by atoms with Crippen LogP contribution in [0.4, 0.5) is 26.0 Å². The highest BCUT2D eigenvalue weighted by atomic mass is 35.5. The van der Waals surface area contributed by atoms with Gasteiger partial charge in [0.2, 0.25) is 0 Å². The number of hydrogen-bond acceptors (Lipinski definition) is 3. The van der Waals surface area contributed by atoms with Crippen LogP contribution >= 0.6 is 11.6 Å². The molecular formula is C18H12ClF2N3O. The zero-order valence-corrected chi connectivity index (χ0v) is 13.5. The molecule has 0 unspecified atom stereocenters. The van der Waals surface area contributed by atoms with Crippen molar-refractivity contribution < 1.29 is 13.6 Å². The summed E-state index contributed by atoms with van der Waals surface area (Å²) in [5, 5.41) is 5.39. The first kappa shape index (κ1) is 16.9. The molecule has 126 valence electrons. The molecule has 0 spiro atoms. The third-order valence-electron chi connectivity index (χ3n) is 3.34.